The van der Waals surface area contributed by atoms with Crippen LogP contribution >= 0.6 is 0 Å². The fourth-order valence-corrected chi connectivity index (χ4v) is 3.36. The number of aromatic nitrogens is 2. The van der Waals surface area contributed by atoms with Crippen LogP contribution in [0.25, 0.3) is 10.8 Å². The summed E-state index contributed by atoms with van der Waals surface area (Å²) in [6.45, 7) is 2.76. The molecule has 1 fully saturated rings. The first kappa shape index (κ1) is 19.1. The zero-order chi connectivity index (χ0) is 20.4. The Morgan fingerprint density at radius 1 is 1.14 bits per heavy atom. The monoisotopic (exact) mass is 396 g/mol. The number of carbonyl (C=O) groups is 1. The molecular weight excluding hydrogens is 375 g/mol. The van der Waals surface area contributed by atoms with Crippen LogP contribution in [0.15, 0.2) is 47.3 Å². The van der Waals surface area contributed by atoms with Crippen LogP contribution in [0.5, 0.6) is 5.88 Å². The highest BCUT2D eigenvalue weighted by molar-refractivity contribution is 5.94. The molecule has 0 atom stereocenters. The molecule has 7 nitrogen and oxygen atoms in total. The van der Waals surface area contributed by atoms with E-state index in [1.165, 1.54) is 12.1 Å². The number of aromatic amines is 1. The normalized spacial score (nSPS) is 14.9. The molecule has 1 aliphatic rings. The van der Waals surface area contributed by atoms with E-state index < -0.39 is 5.82 Å². The van der Waals surface area contributed by atoms with E-state index in [9.17, 15) is 14.0 Å². The average molecular weight is 396 g/mol. The number of piperazine rings is 1. The van der Waals surface area contributed by atoms with Crippen LogP contribution in [-0.4, -0.2) is 59.1 Å². The van der Waals surface area contributed by atoms with Gasteiger partial charge in [-0.15, -0.1) is 5.10 Å². The Morgan fingerprint density at radius 3 is 2.62 bits per heavy atom. The first-order valence-electron chi connectivity index (χ1n) is 9.39. The van der Waals surface area contributed by atoms with Crippen molar-refractivity contribution in [1.29, 1.82) is 0 Å². The highest BCUT2D eigenvalue weighted by Gasteiger charge is 2.23. The molecule has 0 unspecified atom stereocenters. The molecule has 0 radical (unpaired) electrons. The fraction of sp³-hybridized carbons (Fsp3) is 0.286. The number of nitrogens with one attached hydrogen (secondary N) is 1. The molecule has 3 aromatic rings. The second-order valence-corrected chi connectivity index (χ2v) is 7.10. The third-order valence-electron chi connectivity index (χ3n) is 5.09. The number of ether oxygens (including phenoxy) is 1. The van der Waals surface area contributed by atoms with Crippen molar-refractivity contribution in [2.45, 2.75) is 6.61 Å². The van der Waals surface area contributed by atoms with Gasteiger partial charge >= 0.3 is 0 Å². The van der Waals surface area contributed by atoms with Crippen LogP contribution in [0.1, 0.15) is 15.9 Å². The van der Waals surface area contributed by atoms with Gasteiger partial charge in [-0.1, -0.05) is 18.2 Å². The number of nitrogens with zero attached hydrogens (tertiary/aromatic N) is 3. The Balaban J connectivity index is 1.53. The maximum atomic E-state index is 14.3. The lowest BCUT2D eigenvalue weighted by molar-refractivity contribution is 0.0659. The van der Waals surface area contributed by atoms with Gasteiger partial charge in [-0.3, -0.25) is 9.59 Å². The summed E-state index contributed by atoms with van der Waals surface area (Å²) in [6, 6.07) is 11.4. The van der Waals surface area contributed by atoms with Gasteiger partial charge in [-0.2, -0.15) is 0 Å². The minimum Gasteiger partial charge on any atom is -0.471 e. The summed E-state index contributed by atoms with van der Waals surface area (Å²) < 4.78 is 20.1. The van der Waals surface area contributed by atoms with Crippen molar-refractivity contribution in [2.24, 2.45) is 0 Å². The molecule has 2 aromatic carbocycles. The highest BCUT2D eigenvalue weighted by Crippen LogP contribution is 2.21. The number of halogens is 1. The molecule has 1 amide bonds. The summed E-state index contributed by atoms with van der Waals surface area (Å²) in [7, 11) is 1.99. The molecular formula is C21H21FN4O3. The van der Waals surface area contributed by atoms with E-state index in [4.69, 9.17) is 4.74 Å². The number of rotatable bonds is 4. The predicted octanol–water partition coefficient (Wildman–Crippen LogP) is 2.03. The number of hydrogen-bond donors (Lipinski definition) is 1. The quantitative estimate of drug-likeness (QED) is 0.730. The summed E-state index contributed by atoms with van der Waals surface area (Å²) in [4.78, 5) is 28.4. The number of amides is 1. The fourth-order valence-electron chi connectivity index (χ4n) is 3.36. The van der Waals surface area contributed by atoms with E-state index in [1.54, 1.807) is 35.2 Å². The summed E-state index contributed by atoms with van der Waals surface area (Å²) in [5.41, 5.74) is 0.380. The molecule has 4 rings (SSSR count). The molecule has 0 aliphatic carbocycles. The second kappa shape index (κ2) is 8.00. The van der Waals surface area contributed by atoms with Crippen molar-refractivity contribution in [1.82, 2.24) is 20.0 Å². The number of H-pyrrole nitrogens is 1. The first-order valence-corrected chi connectivity index (χ1v) is 9.39. The highest BCUT2D eigenvalue weighted by atomic mass is 19.1. The second-order valence-electron chi connectivity index (χ2n) is 7.10. The Morgan fingerprint density at radius 2 is 1.86 bits per heavy atom. The molecule has 0 spiro atoms. The number of fused-ring (bicyclic) bond motifs is 1. The molecule has 1 aromatic heterocycles. The standard InChI is InChI=1S/C21H21FN4O3/c1-25-8-10-26(11-9-25)21(28)17-12-14(6-7-18(17)22)13-29-20-16-5-3-2-4-15(16)19(27)23-24-20/h2-7,12H,8-11,13H2,1H3,(H,23,27). The molecule has 150 valence electrons. The van der Waals surface area contributed by atoms with Crippen LogP contribution in [0.4, 0.5) is 4.39 Å². The maximum absolute atomic E-state index is 14.3. The Hall–Kier alpha value is -3.26. The van der Waals surface area contributed by atoms with Gasteiger partial charge in [0.1, 0.15) is 12.4 Å². The zero-order valence-electron chi connectivity index (χ0n) is 16.0. The number of benzene rings is 2. The minimum atomic E-state index is -0.551. The molecule has 0 bridgehead atoms. The van der Waals surface area contributed by atoms with E-state index in [0.717, 1.165) is 13.1 Å². The molecule has 0 saturated carbocycles. The van der Waals surface area contributed by atoms with Gasteiger partial charge in [0, 0.05) is 26.2 Å². The number of carbonyl (C=O) groups excluding carboxylic acids is 1. The van der Waals surface area contributed by atoms with Gasteiger partial charge in [0.2, 0.25) is 5.88 Å². The van der Waals surface area contributed by atoms with E-state index in [2.05, 4.69) is 15.1 Å². The third-order valence-corrected chi connectivity index (χ3v) is 5.09. The van der Waals surface area contributed by atoms with Crippen LogP contribution < -0.4 is 10.3 Å². The topological polar surface area (TPSA) is 78.5 Å². The van der Waals surface area contributed by atoms with Gasteiger partial charge in [0.25, 0.3) is 11.5 Å². The SMILES string of the molecule is CN1CCN(C(=O)c2cc(COc3n[nH]c(=O)c4ccccc34)ccc2F)CC1. The van der Waals surface area contributed by atoms with Crippen LogP contribution in [-0.2, 0) is 6.61 Å². The van der Waals surface area contributed by atoms with Gasteiger partial charge in [-0.25, -0.2) is 9.49 Å². The molecule has 1 N–H and O–H groups in total. The van der Waals surface area contributed by atoms with Gasteiger partial charge in [-0.05, 0) is 36.9 Å². The summed E-state index contributed by atoms with van der Waals surface area (Å²) in [6.07, 6.45) is 0. The van der Waals surface area contributed by atoms with E-state index in [1.807, 2.05) is 7.05 Å². The smallest absolute Gasteiger partial charge is 0.272 e. The van der Waals surface area contributed by atoms with Crippen molar-refractivity contribution in [2.75, 3.05) is 33.2 Å². The lowest BCUT2D eigenvalue weighted by atomic mass is 10.1. The van der Waals surface area contributed by atoms with Crippen molar-refractivity contribution in [3.63, 3.8) is 0 Å². The molecule has 2 heterocycles. The largest absolute Gasteiger partial charge is 0.471 e. The van der Waals surface area contributed by atoms with E-state index >= 15 is 0 Å². The van der Waals surface area contributed by atoms with Crippen LogP contribution in [0, 0.1) is 5.82 Å². The van der Waals surface area contributed by atoms with Gasteiger partial charge in [0.15, 0.2) is 0 Å². The minimum absolute atomic E-state index is 0.0370. The van der Waals surface area contributed by atoms with Crippen molar-refractivity contribution in [3.05, 3.63) is 69.8 Å². The Kier molecular flexibility index (Phi) is 5.26. The van der Waals surface area contributed by atoms with Crippen LogP contribution in [0.2, 0.25) is 0 Å². The lowest BCUT2D eigenvalue weighted by Crippen LogP contribution is -2.47. The molecule has 8 heteroatoms. The van der Waals surface area contributed by atoms with E-state index in [-0.39, 0.29) is 29.5 Å². The van der Waals surface area contributed by atoms with Crippen LogP contribution in [0.3, 0.4) is 0 Å². The summed E-state index contributed by atoms with van der Waals surface area (Å²) >= 11 is 0. The van der Waals surface area contributed by atoms with Crippen molar-refractivity contribution in [3.8, 4) is 5.88 Å². The number of hydrogen-bond acceptors (Lipinski definition) is 5. The lowest BCUT2D eigenvalue weighted by Gasteiger charge is -2.32. The van der Waals surface area contributed by atoms with Gasteiger partial charge < -0.3 is 14.5 Å². The first-order chi connectivity index (χ1) is 14.0. The Labute approximate surface area is 166 Å². The molecule has 1 aliphatic heterocycles. The molecule has 29 heavy (non-hydrogen) atoms. The van der Waals surface area contributed by atoms with Gasteiger partial charge in [0.05, 0.1) is 16.3 Å². The Bertz CT molecular complexity index is 1110. The van der Waals surface area contributed by atoms with Crippen molar-refractivity contribution < 1.29 is 13.9 Å². The predicted molar refractivity (Wildman–Crippen MR) is 106 cm³/mol. The van der Waals surface area contributed by atoms with E-state index in [0.29, 0.717) is 29.4 Å². The summed E-state index contributed by atoms with van der Waals surface area (Å²) in [5, 5.41) is 7.44. The average Bonchev–Trinajstić information content (AvgIpc) is 2.74. The maximum Gasteiger partial charge on any atom is 0.272 e. The van der Waals surface area contributed by atoms with Crippen molar-refractivity contribution >= 4 is 16.7 Å². The number of likely N-dealkylation sites (N-methyl/N-ethyl adjacent to an activating group) is 1. The third kappa shape index (κ3) is 3.97. The summed E-state index contributed by atoms with van der Waals surface area (Å²) in [5.74, 6) is -0.591. The molecule has 1 saturated heterocycles. The zero-order valence-corrected chi connectivity index (χ0v) is 16.0.